The lowest BCUT2D eigenvalue weighted by atomic mass is 10.2. The molecule has 1 heterocycles. The van der Waals surface area contributed by atoms with Gasteiger partial charge in [0.15, 0.2) is 0 Å². The van der Waals surface area contributed by atoms with E-state index < -0.39 is 22.2 Å². The number of halogens is 2. The monoisotopic (exact) mass is 270 g/mol. The lowest BCUT2D eigenvalue weighted by molar-refractivity contribution is -0.386. The van der Waals surface area contributed by atoms with Crippen molar-refractivity contribution in [2.24, 2.45) is 0 Å². The first-order valence-electron chi connectivity index (χ1n) is 4.97. The summed E-state index contributed by atoms with van der Waals surface area (Å²) < 4.78 is 26.3. The molecule has 0 unspecified atom stereocenters. The Labute approximate surface area is 105 Å². The number of nitro groups is 1. The molecule has 1 aromatic carbocycles. The maximum Gasteiger partial charge on any atom is 0.327 e. The molecule has 0 aliphatic rings. The molecule has 0 radical (unpaired) electrons. The molecule has 0 aliphatic heterocycles. The number of nitro benzene ring substituents is 1. The molecular formula is C11H8F2N2O2S. The highest BCUT2D eigenvalue weighted by Gasteiger charge is 2.21. The van der Waals surface area contributed by atoms with Crippen LogP contribution in [0.15, 0.2) is 29.6 Å². The Kier molecular flexibility index (Phi) is 3.52. The molecule has 2 rings (SSSR count). The topological polar surface area (TPSA) is 55.2 Å². The Morgan fingerprint density at radius 1 is 1.39 bits per heavy atom. The Morgan fingerprint density at radius 2 is 2.17 bits per heavy atom. The van der Waals surface area contributed by atoms with E-state index in [-0.39, 0.29) is 12.2 Å². The van der Waals surface area contributed by atoms with Crippen LogP contribution in [0.4, 0.5) is 20.2 Å². The second-order valence-electron chi connectivity index (χ2n) is 3.47. The van der Waals surface area contributed by atoms with Crippen LogP contribution in [0, 0.1) is 21.7 Å². The zero-order chi connectivity index (χ0) is 13.1. The predicted octanol–water partition coefficient (Wildman–Crippen LogP) is 3.55. The first kappa shape index (κ1) is 12.4. The van der Waals surface area contributed by atoms with E-state index in [9.17, 15) is 18.9 Å². The fourth-order valence-electron chi connectivity index (χ4n) is 1.48. The molecule has 94 valence electrons. The van der Waals surface area contributed by atoms with Gasteiger partial charge in [-0.3, -0.25) is 10.1 Å². The SMILES string of the molecule is O=[N+]([O-])c1c(F)cc(F)cc1NCc1cccs1. The summed E-state index contributed by atoms with van der Waals surface area (Å²) in [4.78, 5) is 10.8. The zero-order valence-electron chi connectivity index (χ0n) is 9.02. The van der Waals surface area contributed by atoms with Gasteiger partial charge >= 0.3 is 5.69 Å². The number of hydrogen-bond acceptors (Lipinski definition) is 4. The van der Waals surface area contributed by atoms with Crippen molar-refractivity contribution in [2.45, 2.75) is 6.54 Å². The molecule has 0 atom stereocenters. The van der Waals surface area contributed by atoms with Gasteiger partial charge in [0.25, 0.3) is 0 Å². The van der Waals surface area contributed by atoms with Crippen molar-refractivity contribution in [3.05, 3.63) is 56.3 Å². The first-order chi connectivity index (χ1) is 8.58. The minimum Gasteiger partial charge on any atom is -0.374 e. The highest BCUT2D eigenvalue weighted by molar-refractivity contribution is 7.09. The van der Waals surface area contributed by atoms with E-state index in [1.807, 2.05) is 17.5 Å². The van der Waals surface area contributed by atoms with Gasteiger partial charge in [-0.05, 0) is 11.4 Å². The fourth-order valence-corrected chi connectivity index (χ4v) is 2.13. The Morgan fingerprint density at radius 3 is 2.78 bits per heavy atom. The molecule has 0 amide bonds. The molecule has 0 saturated heterocycles. The van der Waals surface area contributed by atoms with Gasteiger partial charge in [0.2, 0.25) is 5.82 Å². The normalized spacial score (nSPS) is 10.3. The van der Waals surface area contributed by atoms with Crippen LogP contribution >= 0.6 is 11.3 Å². The van der Waals surface area contributed by atoms with Gasteiger partial charge < -0.3 is 5.32 Å². The number of hydrogen-bond donors (Lipinski definition) is 1. The number of benzene rings is 1. The quantitative estimate of drug-likeness (QED) is 0.682. The smallest absolute Gasteiger partial charge is 0.327 e. The summed E-state index contributed by atoms with van der Waals surface area (Å²) >= 11 is 1.44. The third-order valence-corrected chi connectivity index (χ3v) is 3.12. The minimum atomic E-state index is -1.19. The molecule has 4 nitrogen and oxygen atoms in total. The number of nitrogens with zero attached hydrogens (tertiary/aromatic N) is 1. The highest BCUT2D eigenvalue weighted by atomic mass is 32.1. The standard InChI is InChI=1S/C11H8F2N2O2S/c12-7-4-9(13)11(15(16)17)10(5-7)14-6-8-2-1-3-18-8/h1-5,14H,6H2. The largest absolute Gasteiger partial charge is 0.374 e. The van der Waals surface area contributed by atoms with Crippen LogP contribution in [-0.2, 0) is 6.54 Å². The van der Waals surface area contributed by atoms with Gasteiger partial charge in [-0.1, -0.05) is 6.07 Å². The number of thiophene rings is 1. The molecule has 1 N–H and O–H groups in total. The Balaban J connectivity index is 2.28. The molecule has 18 heavy (non-hydrogen) atoms. The van der Waals surface area contributed by atoms with E-state index in [0.717, 1.165) is 10.9 Å². The van der Waals surface area contributed by atoms with Crippen LogP contribution < -0.4 is 5.32 Å². The van der Waals surface area contributed by atoms with Crippen molar-refractivity contribution in [1.82, 2.24) is 0 Å². The summed E-state index contributed by atoms with van der Waals surface area (Å²) in [5.41, 5.74) is -0.904. The number of nitrogens with one attached hydrogen (secondary N) is 1. The van der Waals surface area contributed by atoms with Crippen molar-refractivity contribution in [3.63, 3.8) is 0 Å². The minimum absolute atomic E-state index is 0.161. The van der Waals surface area contributed by atoms with Crippen LogP contribution in [0.1, 0.15) is 4.88 Å². The van der Waals surface area contributed by atoms with Crippen LogP contribution in [0.5, 0.6) is 0 Å². The lowest BCUT2D eigenvalue weighted by Crippen LogP contribution is -2.04. The van der Waals surface area contributed by atoms with Gasteiger partial charge in [-0.25, -0.2) is 4.39 Å². The van der Waals surface area contributed by atoms with E-state index in [1.165, 1.54) is 11.3 Å². The maximum atomic E-state index is 13.3. The Bertz CT molecular complexity index is 573. The van der Waals surface area contributed by atoms with Gasteiger partial charge in [-0.15, -0.1) is 11.3 Å². The molecule has 2 aromatic rings. The van der Waals surface area contributed by atoms with E-state index >= 15 is 0 Å². The molecule has 0 spiro atoms. The lowest BCUT2D eigenvalue weighted by Gasteiger charge is -2.06. The average molecular weight is 270 g/mol. The summed E-state index contributed by atoms with van der Waals surface area (Å²) in [6.07, 6.45) is 0. The van der Waals surface area contributed by atoms with Crippen LogP contribution in [0.2, 0.25) is 0 Å². The number of anilines is 1. The molecule has 1 aromatic heterocycles. The third-order valence-electron chi connectivity index (χ3n) is 2.24. The van der Waals surface area contributed by atoms with Crippen molar-refractivity contribution in [2.75, 3.05) is 5.32 Å². The number of rotatable bonds is 4. The Hall–Kier alpha value is -2.02. The second kappa shape index (κ2) is 5.09. The summed E-state index contributed by atoms with van der Waals surface area (Å²) in [5.74, 6) is -2.04. The van der Waals surface area contributed by atoms with Crippen LogP contribution in [0.25, 0.3) is 0 Å². The van der Waals surface area contributed by atoms with Gasteiger partial charge in [0, 0.05) is 23.6 Å². The van der Waals surface area contributed by atoms with Crippen LogP contribution in [0.3, 0.4) is 0 Å². The molecule has 7 heteroatoms. The molecule has 0 aliphatic carbocycles. The predicted molar refractivity (Wildman–Crippen MR) is 64.7 cm³/mol. The maximum absolute atomic E-state index is 13.3. The molecule has 0 saturated carbocycles. The van der Waals surface area contributed by atoms with E-state index in [0.29, 0.717) is 6.07 Å². The third kappa shape index (κ3) is 2.62. The van der Waals surface area contributed by atoms with E-state index in [1.54, 1.807) is 0 Å². The zero-order valence-corrected chi connectivity index (χ0v) is 9.84. The van der Waals surface area contributed by atoms with Crippen LogP contribution in [-0.4, -0.2) is 4.92 Å². The summed E-state index contributed by atoms with van der Waals surface area (Å²) in [5, 5.41) is 15.2. The van der Waals surface area contributed by atoms with E-state index in [2.05, 4.69) is 5.32 Å². The summed E-state index contributed by atoms with van der Waals surface area (Å²) in [7, 11) is 0. The molecule has 0 fully saturated rings. The second-order valence-corrected chi connectivity index (χ2v) is 4.51. The van der Waals surface area contributed by atoms with Crippen molar-refractivity contribution in [1.29, 1.82) is 0 Å². The molecular weight excluding hydrogens is 262 g/mol. The summed E-state index contributed by atoms with van der Waals surface area (Å²) in [6.45, 7) is 0.279. The fraction of sp³-hybridized carbons (Fsp3) is 0.0909. The van der Waals surface area contributed by atoms with Gasteiger partial charge in [-0.2, -0.15) is 4.39 Å². The van der Waals surface area contributed by atoms with Crippen molar-refractivity contribution in [3.8, 4) is 0 Å². The molecule has 0 bridgehead atoms. The van der Waals surface area contributed by atoms with Gasteiger partial charge in [0.1, 0.15) is 11.5 Å². The first-order valence-corrected chi connectivity index (χ1v) is 5.85. The van der Waals surface area contributed by atoms with Gasteiger partial charge in [0.05, 0.1) is 4.92 Å². The average Bonchev–Trinajstić information content (AvgIpc) is 2.77. The summed E-state index contributed by atoms with van der Waals surface area (Å²) in [6, 6.07) is 5.05. The highest BCUT2D eigenvalue weighted by Crippen LogP contribution is 2.29. The van der Waals surface area contributed by atoms with E-state index in [4.69, 9.17) is 0 Å². The van der Waals surface area contributed by atoms with Crippen molar-refractivity contribution < 1.29 is 13.7 Å². The van der Waals surface area contributed by atoms with Crippen molar-refractivity contribution >= 4 is 22.7 Å².